The van der Waals surface area contributed by atoms with Gasteiger partial charge in [-0.3, -0.25) is 0 Å². The summed E-state index contributed by atoms with van der Waals surface area (Å²) in [5, 5.41) is 0. The molecule has 0 heterocycles. The fraction of sp³-hybridized carbons (Fsp3) is 1.00. The van der Waals surface area contributed by atoms with E-state index in [-0.39, 0.29) is 0 Å². The predicted octanol–water partition coefficient (Wildman–Crippen LogP) is 15.4. The molecule has 0 aromatic heterocycles. The molecule has 0 aromatic carbocycles. The maximum absolute atomic E-state index is 8.74. The summed E-state index contributed by atoms with van der Waals surface area (Å²) in [4.78, 5) is 20.3. The summed E-state index contributed by atoms with van der Waals surface area (Å²) in [5.41, 5.74) is 0. The van der Waals surface area contributed by atoms with Gasteiger partial charge in [0.25, 0.3) is 0 Å². The zero-order valence-corrected chi connectivity index (χ0v) is 34.8. The molecule has 0 aliphatic heterocycles. The summed E-state index contributed by atoms with van der Waals surface area (Å²) in [6.45, 7) is 9.14. The number of rotatable bonds is 44. The highest BCUT2D eigenvalue weighted by atomic mass is 31.2. The molecule has 296 valence electrons. The molecule has 2 N–H and O–H groups in total. The average Bonchev–Trinajstić information content (AvgIpc) is 3.10. The molecule has 0 aromatic rings. The fourth-order valence-electron chi connectivity index (χ4n) is 7.39. The van der Waals surface area contributed by atoms with Crippen molar-refractivity contribution in [3.8, 4) is 0 Å². The lowest BCUT2D eigenvalue weighted by Crippen LogP contribution is -2.27. The Morgan fingerprint density at radius 3 is 0.735 bits per heavy atom. The second kappa shape index (κ2) is 44.4. The molecule has 0 amide bonds. The van der Waals surface area contributed by atoms with Crippen LogP contribution in [-0.2, 0) is 4.52 Å². The summed E-state index contributed by atoms with van der Waals surface area (Å²) in [6, 6.07) is 0. The van der Waals surface area contributed by atoms with Crippen molar-refractivity contribution in [2.24, 2.45) is 0 Å². The van der Waals surface area contributed by atoms with Gasteiger partial charge in [-0.2, -0.15) is 0 Å². The van der Waals surface area contributed by atoms with Gasteiger partial charge in [0.05, 0.1) is 6.61 Å². The van der Waals surface area contributed by atoms with Crippen LogP contribution in [0.3, 0.4) is 0 Å². The molecule has 49 heavy (non-hydrogen) atoms. The van der Waals surface area contributed by atoms with Crippen molar-refractivity contribution in [1.82, 2.24) is 4.90 Å². The van der Waals surface area contributed by atoms with Gasteiger partial charge >= 0.3 is 8.60 Å². The number of hydrogen-bond donors (Lipinski definition) is 2. The highest BCUT2D eigenvalue weighted by Crippen LogP contribution is 2.24. The van der Waals surface area contributed by atoms with E-state index < -0.39 is 8.60 Å². The van der Waals surface area contributed by atoms with Crippen molar-refractivity contribution in [3.63, 3.8) is 0 Å². The maximum atomic E-state index is 8.74. The number of unbranched alkanes of at least 4 members (excludes halogenated alkanes) is 35. The Bertz CT molecular complexity index is 550. The lowest BCUT2D eigenvalue weighted by atomic mass is 10.0. The summed E-state index contributed by atoms with van der Waals surface area (Å²) in [5.74, 6) is 0. The Morgan fingerprint density at radius 1 is 0.306 bits per heavy atom. The molecule has 5 heteroatoms. The Hall–Kier alpha value is 0.270. The topological polar surface area (TPSA) is 52.9 Å². The standard InChI is InChI=1S/C44H92NO3P/c1-3-5-7-9-11-13-15-21-25-29-33-37-41-45(42-38-34-30-26-22-16-14-12-10-8-6-4-2)43-39-35-31-27-23-19-17-18-20-24-28-32-36-40-44-48-49(46)47/h46-47H,3-44H2,1-2H3. The third-order valence-corrected chi connectivity index (χ3v) is 11.1. The molecule has 0 fully saturated rings. The zero-order valence-electron chi connectivity index (χ0n) is 33.9. The molecule has 0 bridgehead atoms. The van der Waals surface area contributed by atoms with Crippen LogP contribution >= 0.6 is 8.60 Å². The van der Waals surface area contributed by atoms with Crippen molar-refractivity contribution in [2.75, 3.05) is 26.2 Å². The van der Waals surface area contributed by atoms with E-state index in [1.807, 2.05) is 0 Å². The van der Waals surface area contributed by atoms with Crippen LogP contribution in [0.5, 0.6) is 0 Å². The Balaban J connectivity index is 3.88. The molecule has 0 spiro atoms. The SMILES string of the molecule is CCCCCCCCCCCCCCN(CCCCCCCCCCCCCC)CCCCCCCCCCCCCCCCOP(O)O. The van der Waals surface area contributed by atoms with Crippen molar-refractivity contribution < 1.29 is 14.3 Å². The molecule has 0 saturated carbocycles. The molecule has 0 rings (SSSR count). The average molecular weight is 714 g/mol. The van der Waals surface area contributed by atoms with Gasteiger partial charge in [-0.1, -0.05) is 232 Å². The molecule has 0 saturated heterocycles. The molecule has 0 radical (unpaired) electrons. The Morgan fingerprint density at radius 2 is 0.510 bits per heavy atom. The van der Waals surface area contributed by atoms with Crippen LogP contribution in [0, 0.1) is 0 Å². The lowest BCUT2D eigenvalue weighted by molar-refractivity contribution is 0.248. The summed E-state index contributed by atoms with van der Waals surface area (Å²) >= 11 is 0. The fourth-order valence-corrected chi connectivity index (χ4v) is 7.69. The van der Waals surface area contributed by atoms with Gasteiger partial charge in [-0.25, -0.2) is 0 Å². The van der Waals surface area contributed by atoms with E-state index in [1.165, 1.54) is 251 Å². The number of hydrogen-bond acceptors (Lipinski definition) is 4. The monoisotopic (exact) mass is 714 g/mol. The lowest BCUT2D eigenvalue weighted by Gasteiger charge is -2.22. The van der Waals surface area contributed by atoms with E-state index in [4.69, 9.17) is 14.3 Å². The zero-order chi connectivity index (χ0) is 35.6. The third-order valence-electron chi connectivity index (χ3n) is 10.7. The van der Waals surface area contributed by atoms with Crippen molar-refractivity contribution in [2.45, 2.75) is 258 Å². The summed E-state index contributed by atoms with van der Waals surface area (Å²) in [6.07, 6.45) is 53.4. The molecule has 4 nitrogen and oxygen atoms in total. The Labute approximate surface area is 311 Å². The third kappa shape index (κ3) is 44.4. The first-order valence-electron chi connectivity index (χ1n) is 22.7. The van der Waals surface area contributed by atoms with Crippen molar-refractivity contribution in [1.29, 1.82) is 0 Å². The smallest absolute Gasteiger partial charge is 0.327 e. The van der Waals surface area contributed by atoms with E-state index in [0.717, 1.165) is 12.8 Å². The molecular formula is C44H92NO3P. The van der Waals surface area contributed by atoms with Gasteiger partial charge in [0.2, 0.25) is 0 Å². The van der Waals surface area contributed by atoms with E-state index in [2.05, 4.69) is 18.7 Å². The minimum absolute atomic E-state index is 0.482. The predicted molar refractivity (Wildman–Crippen MR) is 221 cm³/mol. The van der Waals surface area contributed by atoms with E-state index in [1.54, 1.807) is 0 Å². The molecule has 0 aliphatic carbocycles. The molecule has 0 aliphatic rings. The van der Waals surface area contributed by atoms with E-state index in [0.29, 0.717) is 6.61 Å². The van der Waals surface area contributed by atoms with Crippen LogP contribution in [0.2, 0.25) is 0 Å². The quantitative estimate of drug-likeness (QED) is 0.0487. The van der Waals surface area contributed by atoms with Crippen LogP contribution < -0.4 is 0 Å². The van der Waals surface area contributed by atoms with Crippen LogP contribution in [0.4, 0.5) is 0 Å². The van der Waals surface area contributed by atoms with Crippen LogP contribution in [-0.4, -0.2) is 40.9 Å². The van der Waals surface area contributed by atoms with Crippen LogP contribution in [0.25, 0.3) is 0 Å². The van der Waals surface area contributed by atoms with Crippen molar-refractivity contribution in [3.05, 3.63) is 0 Å². The van der Waals surface area contributed by atoms with Crippen molar-refractivity contribution >= 4 is 8.60 Å². The van der Waals surface area contributed by atoms with E-state index in [9.17, 15) is 0 Å². The second-order valence-corrected chi connectivity index (χ2v) is 16.4. The normalized spacial score (nSPS) is 11.9. The first-order valence-corrected chi connectivity index (χ1v) is 23.9. The summed E-state index contributed by atoms with van der Waals surface area (Å²) < 4.78 is 4.82. The van der Waals surface area contributed by atoms with Gasteiger partial charge in [0, 0.05) is 0 Å². The van der Waals surface area contributed by atoms with Crippen LogP contribution in [0.1, 0.15) is 258 Å². The highest BCUT2D eigenvalue weighted by Gasteiger charge is 2.06. The molecular weight excluding hydrogens is 621 g/mol. The number of nitrogens with zero attached hydrogens (tertiary/aromatic N) is 1. The summed E-state index contributed by atoms with van der Waals surface area (Å²) in [7, 11) is -2.16. The minimum atomic E-state index is -2.16. The highest BCUT2D eigenvalue weighted by molar-refractivity contribution is 7.39. The molecule has 0 atom stereocenters. The van der Waals surface area contributed by atoms with Gasteiger partial charge in [-0.05, 0) is 45.3 Å². The largest absolute Gasteiger partial charge is 0.328 e. The van der Waals surface area contributed by atoms with Crippen LogP contribution in [0.15, 0.2) is 0 Å². The van der Waals surface area contributed by atoms with Gasteiger partial charge < -0.3 is 19.2 Å². The maximum Gasteiger partial charge on any atom is 0.327 e. The first-order chi connectivity index (χ1) is 24.2. The second-order valence-electron chi connectivity index (χ2n) is 15.7. The van der Waals surface area contributed by atoms with Gasteiger partial charge in [0.15, 0.2) is 0 Å². The van der Waals surface area contributed by atoms with E-state index >= 15 is 0 Å². The molecule has 0 unspecified atom stereocenters. The van der Waals surface area contributed by atoms with Gasteiger partial charge in [0.1, 0.15) is 0 Å². The minimum Gasteiger partial charge on any atom is -0.328 e. The first kappa shape index (κ1) is 49.3. The Kier molecular flexibility index (Phi) is 44.7. The van der Waals surface area contributed by atoms with Gasteiger partial charge in [-0.15, -0.1) is 0 Å².